The molecule has 1 unspecified atom stereocenters. The summed E-state index contributed by atoms with van der Waals surface area (Å²) < 4.78 is 24.1. The van der Waals surface area contributed by atoms with Crippen molar-refractivity contribution < 1.29 is 18.9 Å². The third kappa shape index (κ3) is 5.89. The lowest BCUT2D eigenvalue weighted by Crippen LogP contribution is -2.19. The molecule has 0 aromatic heterocycles. The van der Waals surface area contributed by atoms with Gasteiger partial charge in [-0.15, -0.1) is 23.5 Å². The van der Waals surface area contributed by atoms with Crippen LogP contribution < -0.4 is 14.2 Å². The molecule has 4 nitrogen and oxygen atoms in total. The molecule has 0 N–H and O–H groups in total. The van der Waals surface area contributed by atoms with Gasteiger partial charge in [-0.05, 0) is 58.2 Å². The molecule has 210 valence electrons. The van der Waals surface area contributed by atoms with Crippen LogP contribution >= 0.6 is 23.5 Å². The monoisotopic (exact) mass is 574 g/mol. The molecular formula is C34H38O4S2. The van der Waals surface area contributed by atoms with Gasteiger partial charge in [0.15, 0.2) is 11.5 Å². The molecule has 2 aliphatic heterocycles. The zero-order valence-corrected chi connectivity index (χ0v) is 25.8. The van der Waals surface area contributed by atoms with Gasteiger partial charge in [0, 0.05) is 17.1 Å². The predicted molar refractivity (Wildman–Crippen MR) is 170 cm³/mol. The molecule has 3 aromatic rings. The highest BCUT2D eigenvalue weighted by molar-refractivity contribution is 8.17. The first-order valence-corrected chi connectivity index (χ1v) is 15.8. The zero-order valence-electron chi connectivity index (χ0n) is 24.2. The lowest BCUT2D eigenvalue weighted by molar-refractivity contribution is 0.323. The number of hydrogen-bond acceptors (Lipinski definition) is 6. The van der Waals surface area contributed by atoms with Crippen LogP contribution in [0.5, 0.6) is 17.2 Å². The fraction of sp³-hybridized carbons (Fsp3) is 0.353. The molecule has 0 amide bonds. The summed E-state index contributed by atoms with van der Waals surface area (Å²) in [6, 6.07) is 23.7. The second kappa shape index (κ2) is 12.3. The van der Waals surface area contributed by atoms with E-state index in [0.717, 1.165) is 28.6 Å². The average molecular weight is 575 g/mol. The normalized spacial score (nSPS) is 18.1. The molecule has 1 fully saturated rings. The Morgan fingerprint density at radius 2 is 1.40 bits per heavy atom. The third-order valence-electron chi connectivity index (χ3n) is 7.33. The van der Waals surface area contributed by atoms with Gasteiger partial charge in [-0.1, -0.05) is 75.4 Å². The van der Waals surface area contributed by atoms with Crippen LogP contribution in [0.15, 0.2) is 78.6 Å². The van der Waals surface area contributed by atoms with Crippen molar-refractivity contribution in [1.82, 2.24) is 0 Å². The smallest absolute Gasteiger partial charge is 0.203 e. The molecule has 6 heteroatoms. The molecule has 1 saturated heterocycles. The molecule has 5 rings (SSSR count). The molecule has 0 aliphatic carbocycles. The first kappa shape index (κ1) is 28.6. The molecule has 40 heavy (non-hydrogen) atoms. The van der Waals surface area contributed by atoms with E-state index >= 15 is 0 Å². The van der Waals surface area contributed by atoms with Crippen LogP contribution in [-0.2, 0) is 10.2 Å². The number of hydrogen-bond donors (Lipinski definition) is 0. The van der Waals surface area contributed by atoms with E-state index in [1.54, 1.807) is 21.3 Å². The van der Waals surface area contributed by atoms with E-state index in [1.165, 1.54) is 28.7 Å². The average Bonchev–Trinajstić information content (AvgIpc) is 3.00. The van der Waals surface area contributed by atoms with Gasteiger partial charge in [0.1, 0.15) is 16.1 Å². The highest BCUT2D eigenvalue weighted by atomic mass is 32.2. The molecule has 0 spiro atoms. The largest absolute Gasteiger partial charge is 0.493 e. The Bertz CT molecular complexity index is 1360. The number of ether oxygens (including phenoxy) is 4. The Morgan fingerprint density at radius 1 is 0.775 bits per heavy atom. The van der Waals surface area contributed by atoms with Gasteiger partial charge in [-0.2, -0.15) is 0 Å². The molecule has 1 atom stereocenters. The van der Waals surface area contributed by atoms with Crippen LogP contribution in [0.4, 0.5) is 0 Å². The Morgan fingerprint density at radius 3 is 1.95 bits per heavy atom. The number of methoxy groups -OCH3 is 3. The van der Waals surface area contributed by atoms with Crippen molar-refractivity contribution in [3.05, 3.63) is 101 Å². The van der Waals surface area contributed by atoms with Crippen LogP contribution in [0.1, 0.15) is 55.4 Å². The van der Waals surface area contributed by atoms with Crippen molar-refractivity contribution in [2.75, 3.05) is 32.8 Å². The first-order chi connectivity index (χ1) is 19.3. The second-order valence-corrected chi connectivity index (χ2v) is 13.7. The molecule has 2 heterocycles. The Balaban J connectivity index is 1.71. The minimum atomic E-state index is 0.0115. The summed E-state index contributed by atoms with van der Waals surface area (Å²) in [7, 11) is 4.91. The number of allylic oxidation sites excluding steroid dienone is 2. The lowest BCUT2D eigenvalue weighted by atomic mass is 9.81. The fourth-order valence-corrected chi connectivity index (χ4v) is 8.03. The van der Waals surface area contributed by atoms with Gasteiger partial charge >= 0.3 is 0 Å². The molecule has 3 aromatic carbocycles. The second-order valence-electron chi connectivity index (χ2n) is 11.0. The van der Waals surface area contributed by atoms with Gasteiger partial charge in [0.05, 0.1) is 21.3 Å². The van der Waals surface area contributed by atoms with E-state index in [0.29, 0.717) is 17.2 Å². The summed E-state index contributed by atoms with van der Waals surface area (Å²) in [5.41, 5.74) is 5.96. The SMILES string of the molecule is COc1cc(C2=CC(c3ccc(C(C)(C)C)cc3)C(c3ccccc3)=C(C3SCCCS3)O2)cc(OC)c1OC. The Hall–Kier alpha value is -2.96. The summed E-state index contributed by atoms with van der Waals surface area (Å²) in [5, 5.41) is 0. The zero-order chi connectivity index (χ0) is 28.3. The summed E-state index contributed by atoms with van der Waals surface area (Å²) in [6.45, 7) is 6.76. The van der Waals surface area contributed by atoms with Crippen molar-refractivity contribution in [1.29, 1.82) is 0 Å². The number of rotatable bonds is 7. The van der Waals surface area contributed by atoms with E-state index < -0.39 is 0 Å². The molecule has 0 bridgehead atoms. The van der Waals surface area contributed by atoms with Crippen molar-refractivity contribution in [2.24, 2.45) is 0 Å². The quantitative estimate of drug-likeness (QED) is 0.281. The summed E-state index contributed by atoms with van der Waals surface area (Å²) in [5.74, 6) is 5.86. The van der Waals surface area contributed by atoms with E-state index in [4.69, 9.17) is 18.9 Å². The van der Waals surface area contributed by atoms with E-state index in [-0.39, 0.29) is 15.9 Å². The van der Waals surface area contributed by atoms with E-state index in [9.17, 15) is 0 Å². The van der Waals surface area contributed by atoms with Gasteiger partial charge in [0.25, 0.3) is 0 Å². The number of thioether (sulfide) groups is 2. The highest BCUT2D eigenvalue weighted by Crippen LogP contribution is 2.50. The standard InChI is InChI=1S/C34H38O4S2/c1-34(2,3)25-15-13-22(14-16-25)26-21-27(24-19-28(35-4)31(37-6)29(20-24)36-5)38-32(33-39-17-10-18-40-33)30(26)23-11-8-7-9-12-23/h7-9,11-16,19-21,26,33H,10,17-18H2,1-6H3. The summed E-state index contributed by atoms with van der Waals surface area (Å²) in [6.07, 6.45) is 3.46. The van der Waals surface area contributed by atoms with E-state index in [2.05, 4.69) is 81.4 Å². The van der Waals surface area contributed by atoms with Gasteiger partial charge in [-0.25, -0.2) is 0 Å². The Labute approximate surface area is 247 Å². The van der Waals surface area contributed by atoms with Crippen molar-refractivity contribution in [2.45, 2.75) is 43.1 Å². The van der Waals surface area contributed by atoms with Gasteiger partial charge in [-0.3, -0.25) is 0 Å². The van der Waals surface area contributed by atoms with Gasteiger partial charge in [0.2, 0.25) is 5.75 Å². The topological polar surface area (TPSA) is 36.9 Å². The van der Waals surface area contributed by atoms with Crippen LogP contribution in [0.2, 0.25) is 0 Å². The fourth-order valence-electron chi connectivity index (χ4n) is 5.18. The van der Waals surface area contributed by atoms with Crippen LogP contribution in [0, 0.1) is 0 Å². The molecular weight excluding hydrogens is 537 g/mol. The maximum absolute atomic E-state index is 6.93. The van der Waals surface area contributed by atoms with Gasteiger partial charge < -0.3 is 18.9 Å². The number of benzene rings is 3. The third-order valence-corrected chi connectivity index (χ3v) is 10.2. The predicted octanol–water partition coefficient (Wildman–Crippen LogP) is 8.77. The van der Waals surface area contributed by atoms with Crippen molar-refractivity contribution in [3.8, 4) is 17.2 Å². The highest BCUT2D eigenvalue weighted by Gasteiger charge is 2.34. The van der Waals surface area contributed by atoms with Crippen LogP contribution in [0.25, 0.3) is 11.3 Å². The molecule has 2 aliphatic rings. The minimum absolute atomic E-state index is 0.0115. The van der Waals surface area contributed by atoms with Crippen LogP contribution in [-0.4, -0.2) is 37.4 Å². The van der Waals surface area contributed by atoms with Crippen molar-refractivity contribution in [3.63, 3.8) is 0 Å². The molecule has 0 radical (unpaired) electrons. The maximum atomic E-state index is 6.93. The maximum Gasteiger partial charge on any atom is 0.203 e. The Kier molecular flexibility index (Phi) is 8.77. The minimum Gasteiger partial charge on any atom is -0.493 e. The van der Waals surface area contributed by atoms with E-state index in [1.807, 2.05) is 35.7 Å². The van der Waals surface area contributed by atoms with Crippen molar-refractivity contribution >= 4 is 34.9 Å². The summed E-state index contributed by atoms with van der Waals surface area (Å²) >= 11 is 3.95. The van der Waals surface area contributed by atoms with Crippen LogP contribution in [0.3, 0.4) is 0 Å². The molecule has 0 saturated carbocycles. The lowest BCUT2D eigenvalue weighted by Gasteiger charge is -2.34. The first-order valence-electron chi connectivity index (χ1n) is 13.7. The summed E-state index contributed by atoms with van der Waals surface area (Å²) in [4.78, 5) is 0.